The third kappa shape index (κ3) is 2.67. The molecule has 0 aromatic heterocycles. The lowest BCUT2D eigenvalue weighted by Crippen LogP contribution is -2.08. The number of nitrogen functional groups attached to an aromatic ring is 1. The molecule has 2 rings (SSSR count). The lowest BCUT2D eigenvalue weighted by Gasteiger charge is -2.11. The molecule has 0 radical (unpaired) electrons. The van der Waals surface area contributed by atoms with Gasteiger partial charge >= 0.3 is 0 Å². The van der Waals surface area contributed by atoms with Gasteiger partial charge in [-0.15, -0.1) is 0 Å². The van der Waals surface area contributed by atoms with Crippen LogP contribution in [0.1, 0.15) is 21.5 Å². The molecule has 0 fully saturated rings. The molecule has 5 heteroatoms. The zero-order chi connectivity index (χ0) is 14.9. The van der Waals surface area contributed by atoms with E-state index in [9.17, 15) is 9.18 Å². The minimum Gasteiger partial charge on any atom is -0.496 e. The molecule has 0 unspecified atom stereocenters. The van der Waals surface area contributed by atoms with E-state index in [-0.39, 0.29) is 11.3 Å². The van der Waals surface area contributed by atoms with Crippen molar-refractivity contribution in [3.05, 3.63) is 57.3 Å². The fourth-order valence-corrected chi connectivity index (χ4v) is 2.41. The summed E-state index contributed by atoms with van der Waals surface area (Å²) in [5, 5.41) is 0. The first-order chi connectivity index (χ1) is 9.43. The SMILES string of the molecule is COc1ccc(F)cc1C(=O)c1cc(Br)cc(N)c1C. The van der Waals surface area contributed by atoms with Gasteiger partial charge in [-0.1, -0.05) is 15.9 Å². The van der Waals surface area contributed by atoms with Gasteiger partial charge in [0.15, 0.2) is 5.78 Å². The number of carbonyl (C=O) groups excluding carboxylic acids is 1. The standard InChI is InChI=1S/C15H13BrFNO2/c1-8-11(5-9(16)6-13(8)18)15(19)12-7-10(17)3-4-14(12)20-2/h3-7H,18H2,1-2H3. The molecule has 0 atom stereocenters. The number of anilines is 1. The summed E-state index contributed by atoms with van der Waals surface area (Å²) in [6.45, 7) is 1.75. The van der Waals surface area contributed by atoms with Gasteiger partial charge in [0.2, 0.25) is 0 Å². The lowest BCUT2D eigenvalue weighted by molar-refractivity contribution is 0.103. The quantitative estimate of drug-likeness (QED) is 0.686. The van der Waals surface area contributed by atoms with E-state index in [1.165, 1.54) is 19.2 Å². The van der Waals surface area contributed by atoms with Crippen LogP contribution in [0.25, 0.3) is 0 Å². The van der Waals surface area contributed by atoms with Crippen molar-refractivity contribution in [1.29, 1.82) is 0 Å². The molecule has 2 aromatic rings. The molecule has 0 spiro atoms. The largest absolute Gasteiger partial charge is 0.496 e. The number of ketones is 1. The molecule has 0 aliphatic heterocycles. The summed E-state index contributed by atoms with van der Waals surface area (Å²) in [7, 11) is 1.44. The van der Waals surface area contributed by atoms with Crippen LogP contribution in [0.3, 0.4) is 0 Å². The van der Waals surface area contributed by atoms with E-state index in [2.05, 4.69) is 15.9 Å². The number of ether oxygens (including phenoxy) is 1. The number of hydrogen-bond acceptors (Lipinski definition) is 3. The fourth-order valence-electron chi connectivity index (χ4n) is 1.94. The van der Waals surface area contributed by atoms with Gasteiger partial charge in [-0.05, 0) is 42.8 Å². The van der Waals surface area contributed by atoms with E-state index in [0.29, 0.717) is 27.0 Å². The predicted octanol–water partition coefficient (Wildman–Crippen LogP) is 3.72. The van der Waals surface area contributed by atoms with Gasteiger partial charge in [0.05, 0.1) is 12.7 Å². The van der Waals surface area contributed by atoms with Crippen molar-refractivity contribution in [2.24, 2.45) is 0 Å². The number of benzene rings is 2. The zero-order valence-electron chi connectivity index (χ0n) is 11.0. The van der Waals surface area contributed by atoms with Crippen LogP contribution in [0, 0.1) is 12.7 Å². The molecule has 0 saturated carbocycles. The average molecular weight is 338 g/mol. The summed E-state index contributed by atoms with van der Waals surface area (Å²) in [5.74, 6) is -0.490. The molecule has 0 saturated heterocycles. The van der Waals surface area contributed by atoms with Crippen molar-refractivity contribution >= 4 is 27.4 Å². The van der Waals surface area contributed by atoms with Gasteiger partial charge in [0, 0.05) is 15.7 Å². The van der Waals surface area contributed by atoms with E-state index < -0.39 is 5.82 Å². The minimum absolute atomic E-state index is 0.174. The summed E-state index contributed by atoms with van der Waals surface area (Å²) in [4.78, 5) is 12.6. The summed E-state index contributed by atoms with van der Waals surface area (Å²) >= 11 is 3.30. The molecular weight excluding hydrogens is 325 g/mol. The maximum absolute atomic E-state index is 13.4. The average Bonchev–Trinajstić information content (AvgIpc) is 2.42. The summed E-state index contributed by atoms with van der Waals surface area (Å²) < 4.78 is 19.2. The van der Waals surface area contributed by atoms with Crippen LogP contribution in [0.5, 0.6) is 5.75 Å². The summed E-state index contributed by atoms with van der Waals surface area (Å²) in [6, 6.07) is 7.22. The highest BCUT2D eigenvalue weighted by molar-refractivity contribution is 9.10. The summed E-state index contributed by atoms with van der Waals surface area (Å²) in [5.41, 5.74) is 7.60. The molecular formula is C15H13BrFNO2. The predicted molar refractivity (Wildman–Crippen MR) is 79.7 cm³/mol. The Morgan fingerprint density at radius 2 is 1.95 bits per heavy atom. The maximum atomic E-state index is 13.4. The van der Waals surface area contributed by atoms with E-state index >= 15 is 0 Å². The van der Waals surface area contributed by atoms with Crippen molar-refractivity contribution in [2.75, 3.05) is 12.8 Å². The Labute approximate surface area is 124 Å². The van der Waals surface area contributed by atoms with Crippen molar-refractivity contribution in [3.8, 4) is 5.75 Å². The molecule has 0 heterocycles. The summed E-state index contributed by atoms with van der Waals surface area (Å²) in [6.07, 6.45) is 0. The smallest absolute Gasteiger partial charge is 0.197 e. The molecule has 0 bridgehead atoms. The third-order valence-corrected chi connectivity index (χ3v) is 3.52. The Morgan fingerprint density at radius 3 is 2.60 bits per heavy atom. The number of methoxy groups -OCH3 is 1. The number of nitrogens with two attached hydrogens (primary N) is 1. The first-order valence-electron chi connectivity index (χ1n) is 5.88. The Hall–Kier alpha value is -1.88. The van der Waals surface area contributed by atoms with Crippen LogP contribution in [-0.4, -0.2) is 12.9 Å². The molecule has 3 nitrogen and oxygen atoms in total. The highest BCUT2D eigenvalue weighted by atomic mass is 79.9. The van der Waals surface area contributed by atoms with E-state index in [4.69, 9.17) is 10.5 Å². The number of carbonyl (C=O) groups is 1. The molecule has 0 aliphatic carbocycles. The number of rotatable bonds is 3. The monoisotopic (exact) mass is 337 g/mol. The van der Waals surface area contributed by atoms with Crippen molar-refractivity contribution < 1.29 is 13.9 Å². The van der Waals surface area contributed by atoms with Gasteiger partial charge in [0.25, 0.3) is 0 Å². The van der Waals surface area contributed by atoms with Crippen LogP contribution >= 0.6 is 15.9 Å². The van der Waals surface area contributed by atoms with Crippen LogP contribution < -0.4 is 10.5 Å². The van der Waals surface area contributed by atoms with E-state index in [0.717, 1.165) is 6.07 Å². The highest BCUT2D eigenvalue weighted by Gasteiger charge is 2.19. The molecule has 2 N–H and O–H groups in total. The van der Waals surface area contributed by atoms with Crippen molar-refractivity contribution in [2.45, 2.75) is 6.92 Å². The maximum Gasteiger partial charge on any atom is 0.197 e. The fraction of sp³-hybridized carbons (Fsp3) is 0.133. The second-order valence-corrected chi connectivity index (χ2v) is 5.26. The molecule has 20 heavy (non-hydrogen) atoms. The third-order valence-electron chi connectivity index (χ3n) is 3.06. The van der Waals surface area contributed by atoms with Crippen LogP contribution in [-0.2, 0) is 0 Å². The molecule has 0 aliphatic rings. The normalized spacial score (nSPS) is 10.4. The molecule has 104 valence electrons. The van der Waals surface area contributed by atoms with Gasteiger partial charge in [0.1, 0.15) is 11.6 Å². The van der Waals surface area contributed by atoms with Gasteiger partial charge in [-0.25, -0.2) is 4.39 Å². The molecule has 0 amide bonds. The molecule has 2 aromatic carbocycles. The lowest BCUT2D eigenvalue weighted by atomic mass is 9.97. The Morgan fingerprint density at radius 1 is 1.25 bits per heavy atom. The first kappa shape index (κ1) is 14.5. The van der Waals surface area contributed by atoms with Gasteiger partial charge in [-0.2, -0.15) is 0 Å². The minimum atomic E-state index is -0.491. The second kappa shape index (κ2) is 5.63. The van der Waals surface area contributed by atoms with Crippen LogP contribution in [0.2, 0.25) is 0 Å². The Balaban J connectivity index is 2.60. The second-order valence-electron chi connectivity index (χ2n) is 4.34. The highest BCUT2D eigenvalue weighted by Crippen LogP contribution is 2.28. The van der Waals surface area contributed by atoms with Crippen LogP contribution in [0.15, 0.2) is 34.8 Å². The Kier molecular flexibility index (Phi) is 4.09. The van der Waals surface area contributed by atoms with Crippen molar-refractivity contribution in [1.82, 2.24) is 0 Å². The topological polar surface area (TPSA) is 52.3 Å². The van der Waals surface area contributed by atoms with Crippen LogP contribution in [0.4, 0.5) is 10.1 Å². The van der Waals surface area contributed by atoms with Gasteiger partial charge in [-0.3, -0.25) is 4.79 Å². The van der Waals surface area contributed by atoms with E-state index in [1.807, 2.05) is 0 Å². The zero-order valence-corrected chi connectivity index (χ0v) is 12.6. The first-order valence-corrected chi connectivity index (χ1v) is 6.67. The Bertz CT molecular complexity index is 686. The van der Waals surface area contributed by atoms with E-state index in [1.54, 1.807) is 19.1 Å². The number of hydrogen-bond donors (Lipinski definition) is 1. The number of halogens is 2. The van der Waals surface area contributed by atoms with Gasteiger partial charge < -0.3 is 10.5 Å². The van der Waals surface area contributed by atoms with Crippen molar-refractivity contribution in [3.63, 3.8) is 0 Å².